The van der Waals surface area contributed by atoms with E-state index in [0.717, 1.165) is 29.8 Å². The van der Waals surface area contributed by atoms with Gasteiger partial charge in [-0.3, -0.25) is 9.59 Å². The van der Waals surface area contributed by atoms with Crippen LogP contribution >= 0.6 is 24.0 Å². The third-order valence-corrected chi connectivity index (χ3v) is 7.14. The predicted molar refractivity (Wildman–Crippen MR) is 130 cm³/mol. The molecule has 0 saturated carbocycles. The molecule has 178 valence electrons. The Labute approximate surface area is 213 Å². The Morgan fingerprint density at radius 3 is 2.71 bits per heavy atom. The second-order valence-corrected chi connectivity index (χ2v) is 9.16. The number of carbonyl (C=O) groups is 2. The van der Waals surface area contributed by atoms with Gasteiger partial charge in [0, 0.05) is 31.1 Å². The molecule has 5 heterocycles. The summed E-state index contributed by atoms with van der Waals surface area (Å²) in [4.78, 5) is 34.2. The van der Waals surface area contributed by atoms with Crippen molar-refractivity contribution in [3.8, 4) is 17.6 Å². The number of carbonyl (C=O) groups excluding carboxylic acids is 2. The Kier molecular flexibility index (Phi) is 5.91. The summed E-state index contributed by atoms with van der Waals surface area (Å²) in [5.41, 5.74) is 2.56. The molecule has 6 bridgehead atoms. The number of rotatable bonds is 0. The fourth-order valence-electron chi connectivity index (χ4n) is 5.00. The first kappa shape index (κ1) is 23.2. The van der Waals surface area contributed by atoms with Crippen molar-refractivity contribution < 1.29 is 14.3 Å². The van der Waals surface area contributed by atoms with Crippen molar-refractivity contribution in [3.05, 3.63) is 75.8 Å². The molecule has 2 aromatic carbocycles. The van der Waals surface area contributed by atoms with Gasteiger partial charge >= 0.3 is 0 Å². The Morgan fingerprint density at radius 2 is 1.91 bits per heavy atom. The van der Waals surface area contributed by atoms with E-state index >= 15 is 0 Å². The fraction of sp³-hybridized carbons (Fsp3) is 0.280. The van der Waals surface area contributed by atoms with Gasteiger partial charge in [-0.1, -0.05) is 17.7 Å². The molecule has 0 spiro atoms. The highest BCUT2D eigenvalue weighted by Crippen LogP contribution is 2.37. The summed E-state index contributed by atoms with van der Waals surface area (Å²) in [6.45, 7) is 1.17. The van der Waals surface area contributed by atoms with Gasteiger partial charge in [0.05, 0.1) is 17.8 Å². The number of nitrogens with zero attached hydrogens (tertiary/aromatic N) is 5. The maximum atomic E-state index is 13.4. The molecule has 10 heteroatoms. The average Bonchev–Trinajstić information content (AvgIpc) is 3.44. The van der Waals surface area contributed by atoms with Crippen molar-refractivity contribution >= 4 is 35.8 Å². The Bertz CT molecular complexity index is 1400. The maximum Gasteiger partial charge on any atom is 0.272 e. The number of hydrogen-bond acceptors (Lipinski definition) is 5. The van der Waals surface area contributed by atoms with Crippen LogP contribution in [0.5, 0.6) is 11.5 Å². The Morgan fingerprint density at radius 1 is 1.09 bits per heavy atom. The minimum atomic E-state index is -0.198. The lowest BCUT2D eigenvalue weighted by molar-refractivity contribution is -0.135. The first-order valence-corrected chi connectivity index (χ1v) is 11.5. The van der Waals surface area contributed by atoms with E-state index in [-0.39, 0.29) is 36.8 Å². The SMILES string of the molecule is Cl.N#Cc1ccc2cc1Oc1ccc(Cl)c(c1)CN1CCN(CC1=O)C(=O)c1cnc3n1[C@@H]2CC3. The van der Waals surface area contributed by atoms with E-state index in [2.05, 4.69) is 11.1 Å². The van der Waals surface area contributed by atoms with E-state index in [4.69, 9.17) is 16.3 Å². The molecule has 0 radical (unpaired) electrons. The van der Waals surface area contributed by atoms with Crippen LogP contribution in [0.2, 0.25) is 5.02 Å². The first-order valence-electron chi connectivity index (χ1n) is 11.2. The smallest absolute Gasteiger partial charge is 0.272 e. The molecule has 1 aromatic heterocycles. The normalized spacial score (nSPS) is 18.6. The van der Waals surface area contributed by atoms with Crippen LogP contribution in [0.1, 0.15) is 45.5 Å². The largest absolute Gasteiger partial charge is 0.456 e. The lowest BCUT2D eigenvalue weighted by Crippen LogP contribution is -2.52. The van der Waals surface area contributed by atoms with Crippen LogP contribution in [0.15, 0.2) is 42.6 Å². The third-order valence-electron chi connectivity index (χ3n) is 6.77. The van der Waals surface area contributed by atoms with E-state index < -0.39 is 0 Å². The van der Waals surface area contributed by atoms with Gasteiger partial charge in [0.1, 0.15) is 35.6 Å². The van der Waals surface area contributed by atoms with E-state index in [1.165, 1.54) is 0 Å². The minimum absolute atomic E-state index is 0. The van der Waals surface area contributed by atoms with Gasteiger partial charge in [0.25, 0.3) is 5.91 Å². The summed E-state index contributed by atoms with van der Waals surface area (Å²) in [5.74, 6) is 1.48. The van der Waals surface area contributed by atoms with Gasteiger partial charge in [0.15, 0.2) is 0 Å². The number of nitriles is 1. The quantitative estimate of drug-likeness (QED) is 0.457. The van der Waals surface area contributed by atoms with Crippen molar-refractivity contribution in [2.45, 2.75) is 25.4 Å². The van der Waals surface area contributed by atoms with E-state index in [1.807, 2.05) is 16.7 Å². The molecule has 2 amide bonds. The van der Waals surface area contributed by atoms with Crippen LogP contribution in [0.4, 0.5) is 0 Å². The molecular weight excluding hydrogens is 489 g/mol. The van der Waals surface area contributed by atoms with Crippen molar-refractivity contribution in [1.82, 2.24) is 19.4 Å². The number of hydrogen-bond donors (Lipinski definition) is 0. The number of fused-ring (bicyclic) bond motifs is 2. The highest BCUT2D eigenvalue weighted by atomic mass is 35.5. The molecule has 1 saturated heterocycles. The molecule has 0 aliphatic carbocycles. The highest BCUT2D eigenvalue weighted by molar-refractivity contribution is 6.31. The number of imidazole rings is 1. The molecule has 8 nitrogen and oxygen atoms in total. The van der Waals surface area contributed by atoms with Gasteiger partial charge in [-0.05, 0) is 47.9 Å². The average molecular weight is 510 g/mol. The lowest BCUT2D eigenvalue weighted by Gasteiger charge is -2.35. The van der Waals surface area contributed by atoms with Gasteiger partial charge in [-0.25, -0.2) is 4.98 Å². The summed E-state index contributed by atoms with van der Waals surface area (Å²) >= 11 is 6.43. The molecule has 1 fully saturated rings. The van der Waals surface area contributed by atoms with Crippen molar-refractivity contribution in [1.29, 1.82) is 5.26 Å². The number of ether oxygens (including phenoxy) is 1. The number of piperazine rings is 1. The van der Waals surface area contributed by atoms with Crippen LogP contribution in [0.3, 0.4) is 0 Å². The summed E-state index contributed by atoms with van der Waals surface area (Å²) in [5, 5.41) is 10.2. The van der Waals surface area contributed by atoms with Crippen molar-refractivity contribution in [2.24, 2.45) is 0 Å². The summed E-state index contributed by atoms with van der Waals surface area (Å²) < 4.78 is 8.13. The second-order valence-electron chi connectivity index (χ2n) is 8.75. The Hall–Kier alpha value is -3.54. The maximum absolute atomic E-state index is 13.4. The predicted octanol–water partition coefficient (Wildman–Crippen LogP) is 3.96. The van der Waals surface area contributed by atoms with Crippen LogP contribution < -0.4 is 4.74 Å². The number of halogens is 2. The van der Waals surface area contributed by atoms with Gasteiger partial charge in [0.2, 0.25) is 5.91 Å². The van der Waals surface area contributed by atoms with Crippen LogP contribution in [0.25, 0.3) is 0 Å². The molecule has 1 atom stereocenters. The first-order chi connectivity index (χ1) is 16.5. The zero-order valence-electron chi connectivity index (χ0n) is 18.6. The van der Waals surface area contributed by atoms with Gasteiger partial charge in [-0.2, -0.15) is 5.26 Å². The van der Waals surface area contributed by atoms with Crippen LogP contribution in [-0.4, -0.2) is 50.8 Å². The number of benzene rings is 2. The van der Waals surface area contributed by atoms with E-state index in [1.54, 1.807) is 40.3 Å². The minimum Gasteiger partial charge on any atom is -0.456 e. The fourth-order valence-corrected chi connectivity index (χ4v) is 5.18. The highest BCUT2D eigenvalue weighted by Gasteiger charge is 2.34. The number of aromatic nitrogens is 2. The molecule has 4 aliphatic heterocycles. The molecule has 4 aliphatic rings. The Balaban J connectivity index is 0.00000253. The second kappa shape index (κ2) is 8.91. The summed E-state index contributed by atoms with van der Waals surface area (Å²) in [6, 6.07) is 12.9. The molecular formula is C25H21Cl2N5O3. The topological polar surface area (TPSA) is 91.5 Å². The van der Waals surface area contributed by atoms with Crippen molar-refractivity contribution in [3.63, 3.8) is 0 Å². The number of amides is 2. The van der Waals surface area contributed by atoms with Crippen LogP contribution in [0, 0.1) is 11.3 Å². The monoisotopic (exact) mass is 509 g/mol. The van der Waals surface area contributed by atoms with Crippen molar-refractivity contribution in [2.75, 3.05) is 19.6 Å². The van der Waals surface area contributed by atoms with Gasteiger partial charge in [-0.15, -0.1) is 12.4 Å². The van der Waals surface area contributed by atoms with E-state index in [0.29, 0.717) is 47.4 Å². The molecule has 3 aromatic rings. The van der Waals surface area contributed by atoms with E-state index in [9.17, 15) is 14.9 Å². The third kappa shape index (κ3) is 3.91. The number of aryl methyl sites for hydroxylation is 1. The molecule has 35 heavy (non-hydrogen) atoms. The molecule has 0 N–H and O–H groups in total. The zero-order chi connectivity index (χ0) is 23.4. The molecule has 7 rings (SSSR count). The summed E-state index contributed by atoms with van der Waals surface area (Å²) in [6.07, 6.45) is 3.13. The lowest BCUT2D eigenvalue weighted by atomic mass is 10.0. The van der Waals surface area contributed by atoms with Crippen LogP contribution in [-0.2, 0) is 17.8 Å². The summed E-state index contributed by atoms with van der Waals surface area (Å²) in [7, 11) is 0. The molecule has 0 unspecified atom stereocenters. The van der Waals surface area contributed by atoms with Gasteiger partial charge < -0.3 is 19.1 Å². The zero-order valence-corrected chi connectivity index (χ0v) is 20.2. The standard InChI is InChI=1S/C25H20ClN5O3.ClH/c26-19-4-3-18-9-17(19)13-29-7-8-30(14-24(29)32)25(33)21-12-28-23-6-5-20(31(21)23)15-1-2-16(11-27)22(10-15)34-18;/h1-4,9-10,12,20H,5-8,13-14H2;1H/t20-;/m1./s1.